The van der Waals surface area contributed by atoms with Gasteiger partial charge >= 0.3 is 0 Å². The highest BCUT2D eigenvalue weighted by molar-refractivity contribution is 9.11. The molecule has 0 aliphatic heterocycles. The molecule has 0 aromatic carbocycles. The van der Waals surface area contributed by atoms with Crippen molar-refractivity contribution in [1.29, 1.82) is 0 Å². The minimum Gasteiger partial charge on any atom is -0.310 e. The monoisotopic (exact) mass is 289 g/mol. The second-order valence-corrected chi connectivity index (χ2v) is 6.09. The number of hydrogen-bond acceptors (Lipinski definition) is 2. The van der Waals surface area contributed by atoms with Gasteiger partial charge in [-0.05, 0) is 45.4 Å². The molecule has 1 heterocycles. The van der Waals surface area contributed by atoms with Crippen molar-refractivity contribution in [2.75, 3.05) is 6.54 Å². The zero-order valence-electron chi connectivity index (χ0n) is 9.72. The van der Waals surface area contributed by atoms with Gasteiger partial charge in [0.1, 0.15) is 0 Å². The van der Waals surface area contributed by atoms with Gasteiger partial charge < -0.3 is 5.32 Å². The third kappa shape index (κ3) is 3.58. The van der Waals surface area contributed by atoms with Crippen LogP contribution < -0.4 is 5.32 Å². The standard InChI is InChI=1S/C12H20BrNS/c1-4-9(5-2)12(14-6-3)10-7-11(13)15-8-10/h7-9,12,14H,4-6H2,1-3H3. The SMILES string of the molecule is CCNC(c1csc(Br)c1)C(CC)CC. The van der Waals surface area contributed by atoms with Gasteiger partial charge in [-0.2, -0.15) is 0 Å². The first-order valence-corrected chi connectivity index (χ1v) is 7.37. The van der Waals surface area contributed by atoms with Gasteiger partial charge in [0, 0.05) is 6.04 Å². The quantitative estimate of drug-likeness (QED) is 0.807. The lowest BCUT2D eigenvalue weighted by molar-refractivity contribution is 0.347. The molecule has 1 N–H and O–H groups in total. The Balaban J connectivity index is 2.81. The molecule has 0 saturated heterocycles. The van der Waals surface area contributed by atoms with Crippen molar-refractivity contribution in [1.82, 2.24) is 5.32 Å². The number of halogens is 1. The fraction of sp³-hybridized carbons (Fsp3) is 0.667. The van der Waals surface area contributed by atoms with Crippen molar-refractivity contribution in [3.05, 3.63) is 20.8 Å². The Kier molecular flexibility index (Phi) is 5.87. The molecule has 0 radical (unpaired) electrons. The van der Waals surface area contributed by atoms with Crippen LogP contribution in [-0.4, -0.2) is 6.54 Å². The third-order valence-electron chi connectivity index (χ3n) is 2.89. The van der Waals surface area contributed by atoms with Gasteiger partial charge in [-0.15, -0.1) is 11.3 Å². The van der Waals surface area contributed by atoms with Crippen molar-refractivity contribution >= 4 is 27.3 Å². The fourth-order valence-corrected chi connectivity index (χ4v) is 3.24. The van der Waals surface area contributed by atoms with Gasteiger partial charge in [-0.3, -0.25) is 0 Å². The number of nitrogens with one attached hydrogen (secondary N) is 1. The van der Waals surface area contributed by atoms with Gasteiger partial charge in [0.05, 0.1) is 3.79 Å². The zero-order valence-corrected chi connectivity index (χ0v) is 12.1. The Bertz CT molecular complexity index is 281. The van der Waals surface area contributed by atoms with E-state index in [0.29, 0.717) is 6.04 Å². The Morgan fingerprint density at radius 2 is 2.00 bits per heavy atom. The Hall–Kier alpha value is 0.140. The van der Waals surface area contributed by atoms with Crippen LogP contribution in [0.4, 0.5) is 0 Å². The van der Waals surface area contributed by atoms with E-state index in [-0.39, 0.29) is 0 Å². The molecule has 0 bridgehead atoms. The van der Waals surface area contributed by atoms with Gasteiger partial charge in [-0.25, -0.2) is 0 Å². The number of hydrogen-bond donors (Lipinski definition) is 1. The predicted octanol–water partition coefficient (Wildman–Crippen LogP) is 4.60. The highest BCUT2D eigenvalue weighted by Gasteiger charge is 2.20. The van der Waals surface area contributed by atoms with E-state index in [2.05, 4.69) is 53.5 Å². The first kappa shape index (κ1) is 13.2. The van der Waals surface area contributed by atoms with Gasteiger partial charge in [-0.1, -0.05) is 33.6 Å². The first-order chi connectivity index (χ1) is 7.22. The van der Waals surface area contributed by atoms with E-state index in [1.807, 2.05) is 0 Å². The molecule has 0 aliphatic rings. The van der Waals surface area contributed by atoms with E-state index >= 15 is 0 Å². The lowest BCUT2D eigenvalue weighted by Gasteiger charge is -2.25. The van der Waals surface area contributed by atoms with Gasteiger partial charge in [0.15, 0.2) is 0 Å². The molecular weight excluding hydrogens is 270 g/mol. The highest BCUT2D eigenvalue weighted by Crippen LogP contribution is 2.32. The number of rotatable bonds is 6. The molecule has 1 unspecified atom stereocenters. The maximum Gasteiger partial charge on any atom is 0.0701 e. The maximum atomic E-state index is 3.60. The lowest BCUT2D eigenvalue weighted by Crippen LogP contribution is -2.27. The minimum absolute atomic E-state index is 0.521. The largest absolute Gasteiger partial charge is 0.310 e. The molecule has 0 fully saturated rings. The van der Waals surface area contributed by atoms with Crippen LogP contribution in [0.3, 0.4) is 0 Å². The summed E-state index contributed by atoms with van der Waals surface area (Å²) in [5.41, 5.74) is 1.43. The molecule has 86 valence electrons. The molecule has 1 aromatic heterocycles. The Morgan fingerprint density at radius 1 is 1.33 bits per heavy atom. The summed E-state index contributed by atoms with van der Waals surface area (Å²) in [5, 5.41) is 5.86. The molecule has 0 spiro atoms. The fourth-order valence-electron chi connectivity index (χ4n) is 2.02. The summed E-state index contributed by atoms with van der Waals surface area (Å²) in [6, 6.07) is 2.77. The molecule has 15 heavy (non-hydrogen) atoms. The van der Waals surface area contributed by atoms with E-state index in [0.717, 1.165) is 12.5 Å². The van der Waals surface area contributed by atoms with Crippen LogP contribution in [0.2, 0.25) is 0 Å². The zero-order chi connectivity index (χ0) is 11.3. The summed E-state index contributed by atoms with van der Waals surface area (Å²) >= 11 is 5.31. The van der Waals surface area contributed by atoms with Crippen molar-refractivity contribution < 1.29 is 0 Å². The smallest absolute Gasteiger partial charge is 0.0701 e. The van der Waals surface area contributed by atoms with Gasteiger partial charge in [0.2, 0.25) is 0 Å². The van der Waals surface area contributed by atoms with E-state index < -0.39 is 0 Å². The maximum absolute atomic E-state index is 3.60. The summed E-state index contributed by atoms with van der Waals surface area (Å²) in [4.78, 5) is 0. The van der Waals surface area contributed by atoms with Crippen molar-refractivity contribution in [2.24, 2.45) is 5.92 Å². The normalized spacial score (nSPS) is 13.4. The lowest BCUT2D eigenvalue weighted by atomic mass is 9.90. The third-order valence-corrected chi connectivity index (χ3v) is 4.41. The topological polar surface area (TPSA) is 12.0 Å². The van der Waals surface area contributed by atoms with Crippen LogP contribution in [-0.2, 0) is 0 Å². The van der Waals surface area contributed by atoms with E-state index in [1.165, 1.54) is 22.2 Å². The number of thiophene rings is 1. The first-order valence-electron chi connectivity index (χ1n) is 5.70. The molecular formula is C12H20BrNS. The van der Waals surface area contributed by atoms with Crippen molar-refractivity contribution in [2.45, 2.75) is 39.7 Å². The molecule has 3 heteroatoms. The molecule has 1 aromatic rings. The van der Waals surface area contributed by atoms with E-state index in [4.69, 9.17) is 0 Å². The Morgan fingerprint density at radius 3 is 2.40 bits per heavy atom. The van der Waals surface area contributed by atoms with E-state index in [1.54, 1.807) is 11.3 Å². The summed E-state index contributed by atoms with van der Waals surface area (Å²) in [5.74, 6) is 0.742. The molecule has 0 aliphatic carbocycles. The highest BCUT2D eigenvalue weighted by atomic mass is 79.9. The van der Waals surface area contributed by atoms with Crippen LogP contribution in [0.1, 0.15) is 45.2 Å². The average Bonchev–Trinajstić information content (AvgIpc) is 2.65. The summed E-state index contributed by atoms with van der Waals surface area (Å²) in [6.07, 6.45) is 2.48. The van der Waals surface area contributed by atoms with Crippen molar-refractivity contribution in [3.8, 4) is 0 Å². The molecule has 0 amide bonds. The summed E-state index contributed by atoms with van der Waals surface area (Å²) in [6.45, 7) is 7.77. The molecule has 1 atom stereocenters. The predicted molar refractivity (Wildman–Crippen MR) is 72.5 cm³/mol. The second-order valence-electron chi connectivity index (χ2n) is 3.80. The summed E-state index contributed by atoms with van der Waals surface area (Å²) in [7, 11) is 0. The van der Waals surface area contributed by atoms with Crippen LogP contribution >= 0.6 is 27.3 Å². The van der Waals surface area contributed by atoms with Crippen LogP contribution in [0.25, 0.3) is 0 Å². The van der Waals surface area contributed by atoms with Gasteiger partial charge in [0.25, 0.3) is 0 Å². The van der Waals surface area contributed by atoms with E-state index in [9.17, 15) is 0 Å². The molecule has 1 nitrogen and oxygen atoms in total. The van der Waals surface area contributed by atoms with Crippen LogP contribution in [0.5, 0.6) is 0 Å². The second kappa shape index (κ2) is 6.66. The van der Waals surface area contributed by atoms with Crippen molar-refractivity contribution in [3.63, 3.8) is 0 Å². The molecule has 1 rings (SSSR count). The minimum atomic E-state index is 0.521. The Labute approximate surface area is 105 Å². The van der Waals surface area contributed by atoms with Crippen LogP contribution in [0, 0.1) is 5.92 Å². The molecule has 0 saturated carbocycles. The van der Waals surface area contributed by atoms with Crippen LogP contribution in [0.15, 0.2) is 15.2 Å². The average molecular weight is 290 g/mol. The summed E-state index contributed by atoms with van der Waals surface area (Å²) < 4.78 is 1.23.